The van der Waals surface area contributed by atoms with Crippen molar-refractivity contribution in [3.8, 4) is 17.0 Å². The second-order valence-corrected chi connectivity index (χ2v) is 9.13. The predicted molar refractivity (Wildman–Crippen MR) is 139 cm³/mol. The van der Waals surface area contributed by atoms with Crippen LogP contribution in [0.2, 0.25) is 0 Å². The Kier molecular flexibility index (Phi) is 6.66. The topological polar surface area (TPSA) is 58.2 Å². The number of carbonyl (C=O) groups excluding carboxylic acids is 1. The fourth-order valence-corrected chi connectivity index (χ4v) is 4.68. The average molecular weight is 466 g/mol. The van der Waals surface area contributed by atoms with Crippen LogP contribution in [-0.4, -0.2) is 34.2 Å². The summed E-state index contributed by atoms with van der Waals surface area (Å²) in [4.78, 5) is 15.5. The maximum Gasteiger partial charge on any atom is 0.273 e. The molecule has 0 saturated heterocycles. The Hall–Kier alpha value is -3.86. The number of H-pyrrole nitrogens is 1. The molecule has 1 N–H and O–H groups in total. The monoisotopic (exact) mass is 465 g/mol. The van der Waals surface area contributed by atoms with Crippen LogP contribution in [0.15, 0.2) is 78.9 Å². The van der Waals surface area contributed by atoms with Crippen molar-refractivity contribution in [1.82, 2.24) is 15.1 Å². The average Bonchev–Trinajstić information content (AvgIpc) is 3.43. The number of amides is 1. The van der Waals surface area contributed by atoms with Crippen LogP contribution >= 0.6 is 0 Å². The maximum atomic E-state index is 13.6. The van der Waals surface area contributed by atoms with Gasteiger partial charge in [0.1, 0.15) is 11.4 Å². The molecule has 0 bridgehead atoms. The Morgan fingerprint density at radius 2 is 1.71 bits per heavy atom. The van der Waals surface area contributed by atoms with E-state index in [2.05, 4.69) is 72.6 Å². The molecule has 0 aliphatic carbocycles. The van der Waals surface area contributed by atoms with Crippen molar-refractivity contribution >= 4 is 5.91 Å². The number of fused-ring (bicyclic) bond motifs is 1. The minimum Gasteiger partial charge on any atom is -0.494 e. The van der Waals surface area contributed by atoms with E-state index in [4.69, 9.17) is 4.74 Å². The van der Waals surface area contributed by atoms with Crippen molar-refractivity contribution in [2.24, 2.45) is 0 Å². The van der Waals surface area contributed by atoms with Crippen LogP contribution in [0.1, 0.15) is 58.5 Å². The quantitative estimate of drug-likeness (QED) is 0.293. The van der Waals surface area contributed by atoms with E-state index in [9.17, 15) is 4.79 Å². The highest BCUT2D eigenvalue weighted by Crippen LogP contribution is 2.43. The Morgan fingerprint density at radius 3 is 2.43 bits per heavy atom. The summed E-state index contributed by atoms with van der Waals surface area (Å²) in [5, 5.41) is 7.64. The van der Waals surface area contributed by atoms with Crippen LogP contribution in [0.5, 0.6) is 5.75 Å². The van der Waals surface area contributed by atoms with Gasteiger partial charge in [0, 0.05) is 17.7 Å². The Balaban J connectivity index is 1.50. The van der Waals surface area contributed by atoms with Gasteiger partial charge in [-0.1, -0.05) is 85.6 Å². The number of hydrogen-bond acceptors (Lipinski definition) is 3. The molecule has 1 aliphatic rings. The van der Waals surface area contributed by atoms with Crippen molar-refractivity contribution < 1.29 is 9.53 Å². The molecule has 5 rings (SSSR count). The van der Waals surface area contributed by atoms with Crippen LogP contribution in [0.3, 0.4) is 0 Å². The minimum atomic E-state index is -0.207. The van der Waals surface area contributed by atoms with Gasteiger partial charge < -0.3 is 9.64 Å². The van der Waals surface area contributed by atoms with Crippen molar-refractivity contribution in [3.63, 3.8) is 0 Å². The third kappa shape index (κ3) is 4.72. The minimum absolute atomic E-state index is 0.00457. The fourth-order valence-electron chi connectivity index (χ4n) is 4.68. The van der Waals surface area contributed by atoms with E-state index >= 15 is 0 Å². The van der Waals surface area contributed by atoms with Crippen LogP contribution in [0, 0.1) is 6.92 Å². The van der Waals surface area contributed by atoms with Crippen molar-refractivity contribution in [1.29, 1.82) is 0 Å². The Morgan fingerprint density at radius 1 is 0.971 bits per heavy atom. The number of nitrogens with zero attached hydrogens (tertiary/aromatic N) is 2. The maximum absolute atomic E-state index is 13.6. The molecule has 4 aromatic rings. The normalized spacial score (nSPS) is 14.9. The lowest BCUT2D eigenvalue weighted by molar-refractivity contribution is 0.0746. The molecule has 5 nitrogen and oxygen atoms in total. The molecule has 1 atom stereocenters. The number of benzene rings is 3. The molecule has 1 aliphatic heterocycles. The number of hydrogen-bond donors (Lipinski definition) is 1. The number of rotatable bonds is 9. The second kappa shape index (κ2) is 10.2. The predicted octanol–water partition coefficient (Wildman–Crippen LogP) is 6.35. The largest absolute Gasteiger partial charge is 0.494 e. The van der Waals surface area contributed by atoms with Gasteiger partial charge in [0.2, 0.25) is 0 Å². The lowest BCUT2D eigenvalue weighted by Gasteiger charge is -2.26. The standard InChI is InChI=1S/C30H31N3O2/c1-3-4-20-35-25-16-14-24(15-17-25)29-26-27(23-12-10-21(2)11-13-23)31-32-28(26)30(34)33(29)19-18-22-8-6-5-7-9-22/h5-17,29H,3-4,18-20H2,1-2H3,(H,31,32). The molecule has 2 heterocycles. The zero-order valence-corrected chi connectivity index (χ0v) is 20.3. The lowest BCUT2D eigenvalue weighted by atomic mass is 9.95. The molecule has 0 spiro atoms. The molecule has 1 unspecified atom stereocenters. The number of aromatic nitrogens is 2. The summed E-state index contributed by atoms with van der Waals surface area (Å²) in [7, 11) is 0. The summed E-state index contributed by atoms with van der Waals surface area (Å²) in [5.74, 6) is 0.851. The molecule has 1 amide bonds. The van der Waals surface area contributed by atoms with Gasteiger partial charge in [-0.05, 0) is 43.0 Å². The Labute approximate surface area is 206 Å². The summed E-state index contributed by atoms with van der Waals surface area (Å²) in [6.07, 6.45) is 2.92. The first-order valence-electron chi connectivity index (χ1n) is 12.4. The zero-order valence-electron chi connectivity index (χ0n) is 20.3. The van der Waals surface area contributed by atoms with E-state index in [1.165, 1.54) is 11.1 Å². The molecular weight excluding hydrogens is 434 g/mol. The van der Waals surface area contributed by atoms with Crippen LogP contribution in [-0.2, 0) is 6.42 Å². The molecule has 35 heavy (non-hydrogen) atoms. The van der Waals surface area contributed by atoms with E-state index in [1.807, 2.05) is 35.2 Å². The van der Waals surface area contributed by atoms with E-state index < -0.39 is 0 Å². The number of aryl methyl sites for hydroxylation is 1. The van der Waals surface area contributed by atoms with E-state index in [0.717, 1.165) is 47.4 Å². The molecule has 178 valence electrons. The molecule has 5 heteroatoms. The van der Waals surface area contributed by atoms with Gasteiger partial charge in [-0.15, -0.1) is 0 Å². The lowest BCUT2D eigenvalue weighted by Crippen LogP contribution is -2.31. The Bertz CT molecular complexity index is 1280. The van der Waals surface area contributed by atoms with Crippen LogP contribution in [0.4, 0.5) is 0 Å². The van der Waals surface area contributed by atoms with E-state index in [-0.39, 0.29) is 11.9 Å². The third-order valence-corrected chi connectivity index (χ3v) is 6.64. The molecule has 0 fully saturated rings. The number of ether oxygens (including phenoxy) is 1. The first-order chi connectivity index (χ1) is 17.2. The van der Waals surface area contributed by atoms with Gasteiger partial charge in [0.15, 0.2) is 0 Å². The van der Waals surface area contributed by atoms with Gasteiger partial charge in [-0.25, -0.2) is 0 Å². The molecule has 3 aromatic carbocycles. The third-order valence-electron chi connectivity index (χ3n) is 6.64. The summed E-state index contributed by atoms with van der Waals surface area (Å²) >= 11 is 0. The number of carbonyl (C=O) groups is 1. The van der Waals surface area contributed by atoms with Gasteiger partial charge in [0.25, 0.3) is 5.91 Å². The van der Waals surface area contributed by atoms with Gasteiger partial charge in [-0.3, -0.25) is 9.89 Å². The van der Waals surface area contributed by atoms with Crippen LogP contribution in [0.25, 0.3) is 11.3 Å². The van der Waals surface area contributed by atoms with Crippen molar-refractivity contribution in [2.45, 2.75) is 39.2 Å². The first kappa shape index (κ1) is 22.9. The number of aromatic amines is 1. The molecule has 1 aromatic heterocycles. The van der Waals surface area contributed by atoms with Crippen molar-refractivity contribution in [2.75, 3.05) is 13.2 Å². The highest BCUT2D eigenvalue weighted by atomic mass is 16.5. The fraction of sp³-hybridized carbons (Fsp3) is 0.267. The highest BCUT2D eigenvalue weighted by Gasteiger charge is 2.41. The number of unbranched alkanes of at least 4 members (excludes halogenated alkanes) is 1. The second-order valence-electron chi connectivity index (χ2n) is 9.13. The van der Waals surface area contributed by atoms with E-state index in [0.29, 0.717) is 18.8 Å². The molecular formula is C30H31N3O2. The van der Waals surface area contributed by atoms with Crippen molar-refractivity contribution in [3.05, 3.63) is 107 Å². The summed E-state index contributed by atoms with van der Waals surface area (Å²) in [6, 6.07) is 26.6. The summed E-state index contributed by atoms with van der Waals surface area (Å²) in [5.41, 5.74) is 6.85. The summed E-state index contributed by atoms with van der Waals surface area (Å²) < 4.78 is 5.88. The zero-order chi connectivity index (χ0) is 24.2. The van der Waals surface area contributed by atoms with E-state index in [1.54, 1.807) is 0 Å². The van der Waals surface area contributed by atoms with Gasteiger partial charge in [-0.2, -0.15) is 5.10 Å². The number of nitrogens with one attached hydrogen (secondary N) is 1. The molecule has 0 saturated carbocycles. The SMILES string of the molecule is CCCCOc1ccc(C2c3c(-c4ccc(C)cc4)n[nH]c3C(=O)N2CCc2ccccc2)cc1. The van der Waals surface area contributed by atoms with Gasteiger partial charge in [0.05, 0.1) is 18.3 Å². The summed E-state index contributed by atoms with van der Waals surface area (Å²) in [6.45, 7) is 5.56. The highest BCUT2D eigenvalue weighted by molar-refractivity contribution is 6.00. The van der Waals surface area contributed by atoms with Gasteiger partial charge >= 0.3 is 0 Å². The molecule has 0 radical (unpaired) electrons. The first-order valence-corrected chi connectivity index (χ1v) is 12.4. The van der Waals surface area contributed by atoms with Crippen LogP contribution < -0.4 is 4.74 Å². The smallest absolute Gasteiger partial charge is 0.273 e.